The Kier molecular flexibility index (Phi) is 4.04. The molecule has 0 amide bonds. The number of nitrogen functional groups attached to an aromatic ring is 1. The Morgan fingerprint density at radius 1 is 1.24 bits per heavy atom. The van der Waals surface area contributed by atoms with Crippen molar-refractivity contribution in [3.05, 3.63) is 16.8 Å². The van der Waals surface area contributed by atoms with Gasteiger partial charge in [-0.1, -0.05) is 13.8 Å². The van der Waals surface area contributed by atoms with Crippen LogP contribution in [0.1, 0.15) is 37.6 Å². The molecule has 0 aliphatic heterocycles. The first-order valence-corrected chi connectivity index (χ1v) is 5.69. The first-order valence-electron chi connectivity index (χ1n) is 5.69. The number of aryl methyl sites for hydroxylation is 1. The molecule has 1 atom stereocenters. The Bertz CT molecular complexity index is 429. The SMILES string of the molecule is Cc1nnc(OC(C)C(C)C)c(C(=N)N)c1C. The van der Waals surface area contributed by atoms with E-state index in [1.807, 2.05) is 20.8 Å². The van der Waals surface area contributed by atoms with Gasteiger partial charge in [-0.3, -0.25) is 5.41 Å². The van der Waals surface area contributed by atoms with Crippen molar-refractivity contribution >= 4 is 5.84 Å². The highest BCUT2D eigenvalue weighted by atomic mass is 16.5. The fourth-order valence-corrected chi connectivity index (χ4v) is 1.30. The second-order valence-electron chi connectivity index (χ2n) is 4.57. The maximum Gasteiger partial charge on any atom is 0.245 e. The van der Waals surface area contributed by atoms with Crippen LogP contribution in [-0.4, -0.2) is 22.1 Å². The van der Waals surface area contributed by atoms with E-state index in [1.165, 1.54) is 0 Å². The zero-order chi connectivity index (χ0) is 13.2. The average Bonchev–Trinajstić information content (AvgIpc) is 2.22. The summed E-state index contributed by atoms with van der Waals surface area (Å²) in [5.41, 5.74) is 7.73. The molecule has 0 spiro atoms. The van der Waals surface area contributed by atoms with Crippen LogP contribution in [0.15, 0.2) is 0 Å². The van der Waals surface area contributed by atoms with Gasteiger partial charge in [-0.15, -0.1) is 5.10 Å². The van der Waals surface area contributed by atoms with Gasteiger partial charge in [-0.05, 0) is 32.3 Å². The van der Waals surface area contributed by atoms with Crippen molar-refractivity contribution in [1.82, 2.24) is 10.2 Å². The molecule has 1 unspecified atom stereocenters. The number of nitrogens with zero attached hydrogens (tertiary/aromatic N) is 2. The Labute approximate surface area is 102 Å². The summed E-state index contributed by atoms with van der Waals surface area (Å²) >= 11 is 0. The van der Waals surface area contributed by atoms with Crippen molar-refractivity contribution < 1.29 is 4.74 Å². The van der Waals surface area contributed by atoms with Gasteiger partial charge in [-0.25, -0.2) is 0 Å². The maximum atomic E-state index is 7.60. The van der Waals surface area contributed by atoms with Crippen LogP contribution < -0.4 is 10.5 Å². The van der Waals surface area contributed by atoms with Crippen LogP contribution in [0.5, 0.6) is 5.88 Å². The molecule has 0 aliphatic rings. The molecule has 1 rings (SSSR count). The number of hydrogen-bond donors (Lipinski definition) is 2. The topological polar surface area (TPSA) is 84.9 Å². The zero-order valence-corrected chi connectivity index (χ0v) is 11.0. The fraction of sp³-hybridized carbons (Fsp3) is 0.583. The van der Waals surface area contributed by atoms with E-state index in [1.54, 1.807) is 0 Å². The Morgan fingerprint density at radius 3 is 2.29 bits per heavy atom. The molecule has 0 aromatic carbocycles. The summed E-state index contributed by atoms with van der Waals surface area (Å²) in [6.07, 6.45) is 0.00417. The minimum absolute atomic E-state index is 0.00417. The van der Waals surface area contributed by atoms with Crippen LogP contribution in [0.4, 0.5) is 0 Å². The molecule has 0 bridgehead atoms. The summed E-state index contributed by atoms with van der Waals surface area (Å²) in [4.78, 5) is 0. The summed E-state index contributed by atoms with van der Waals surface area (Å²) in [5, 5.41) is 15.6. The predicted octanol–water partition coefficient (Wildman–Crippen LogP) is 1.80. The van der Waals surface area contributed by atoms with Gasteiger partial charge in [0.2, 0.25) is 5.88 Å². The predicted molar refractivity (Wildman–Crippen MR) is 67.5 cm³/mol. The highest BCUT2D eigenvalue weighted by molar-refractivity contribution is 5.98. The van der Waals surface area contributed by atoms with Gasteiger partial charge in [0.25, 0.3) is 0 Å². The first-order chi connectivity index (χ1) is 7.84. The fourth-order valence-electron chi connectivity index (χ4n) is 1.30. The number of ether oxygens (including phenoxy) is 1. The lowest BCUT2D eigenvalue weighted by molar-refractivity contribution is 0.161. The molecule has 3 N–H and O–H groups in total. The molecule has 17 heavy (non-hydrogen) atoms. The Morgan fingerprint density at radius 2 is 1.82 bits per heavy atom. The molecule has 5 nitrogen and oxygen atoms in total. The van der Waals surface area contributed by atoms with E-state index >= 15 is 0 Å². The summed E-state index contributed by atoms with van der Waals surface area (Å²) in [6.45, 7) is 9.79. The average molecular weight is 236 g/mol. The monoisotopic (exact) mass is 236 g/mol. The van der Waals surface area contributed by atoms with Crippen molar-refractivity contribution in [2.24, 2.45) is 11.7 Å². The molecule has 0 saturated heterocycles. The first kappa shape index (κ1) is 13.4. The number of nitrogens with one attached hydrogen (secondary N) is 1. The molecule has 5 heteroatoms. The van der Waals surface area contributed by atoms with Gasteiger partial charge in [0.1, 0.15) is 5.84 Å². The van der Waals surface area contributed by atoms with Crippen molar-refractivity contribution in [3.63, 3.8) is 0 Å². The van der Waals surface area contributed by atoms with Crippen LogP contribution >= 0.6 is 0 Å². The minimum atomic E-state index is -0.0357. The quantitative estimate of drug-likeness (QED) is 0.616. The number of amidine groups is 1. The van der Waals surface area contributed by atoms with E-state index in [4.69, 9.17) is 15.9 Å². The Hall–Kier alpha value is -1.65. The lowest BCUT2D eigenvalue weighted by atomic mass is 10.1. The molecule has 1 heterocycles. The van der Waals surface area contributed by atoms with E-state index in [0.29, 0.717) is 17.4 Å². The molecule has 0 saturated carbocycles. The lowest BCUT2D eigenvalue weighted by Gasteiger charge is -2.19. The third-order valence-corrected chi connectivity index (χ3v) is 2.93. The van der Waals surface area contributed by atoms with Gasteiger partial charge < -0.3 is 10.5 Å². The lowest BCUT2D eigenvalue weighted by Crippen LogP contribution is -2.24. The summed E-state index contributed by atoms with van der Waals surface area (Å²) < 4.78 is 5.71. The molecule has 0 fully saturated rings. The van der Waals surface area contributed by atoms with Gasteiger partial charge in [-0.2, -0.15) is 5.10 Å². The third kappa shape index (κ3) is 2.93. The molecule has 0 aliphatic carbocycles. The van der Waals surface area contributed by atoms with Crippen molar-refractivity contribution in [3.8, 4) is 5.88 Å². The van der Waals surface area contributed by atoms with Gasteiger partial charge in [0.05, 0.1) is 17.4 Å². The number of hydrogen-bond acceptors (Lipinski definition) is 4. The number of aromatic nitrogens is 2. The van der Waals surface area contributed by atoms with E-state index in [2.05, 4.69) is 24.0 Å². The minimum Gasteiger partial charge on any atom is -0.473 e. The van der Waals surface area contributed by atoms with Gasteiger partial charge in [0, 0.05) is 0 Å². The van der Waals surface area contributed by atoms with E-state index in [-0.39, 0.29) is 11.9 Å². The van der Waals surface area contributed by atoms with Crippen LogP contribution in [0.2, 0.25) is 0 Å². The smallest absolute Gasteiger partial charge is 0.245 e. The van der Waals surface area contributed by atoms with Crippen LogP contribution in [-0.2, 0) is 0 Å². The van der Waals surface area contributed by atoms with Gasteiger partial charge >= 0.3 is 0 Å². The van der Waals surface area contributed by atoms with Crippen LogP contribution in [0.3, 0.4) is 0 Å². The van der Waals surface area contributed by atoms with E-state index < -0.39 is 0 Å². The number of rotatable bonds is 4. The molecular formula is C12H20N4O. The normalized spacial score (nSPS) is 12.6. The van der Waals surface area contributed by atoms with Crippen molar-refractivity contribution in [1.29, 1.82) is 5.41 Å². The maximum absolute atomic E-state index is 7.60. The second kappa shape index (κ2) is 5.12. The van der Waals surface area contributed by atoms with Gasteiger partial charge in [0.15, 0.2) is 0 Å². The standard InChI is InChI=1S/C12H20N4O/c1-6(2)9(5)17-12-10(11(13)14)7(3)8(4)15-16-12/h6,9H,1-5H3,(H3,13,14). The Balaban J connectivity index is 3.16. The summed E-state index contributed by atoms with van der Waals surface area (Å²) in [7, 11) is 0. The van der Waals surface area contributed by atoms with E-state index in [9.17, 15) is 0 Å². The van der Waals surface area contributed by atoms with E-state index in [0.717, 1.165) is 11.3 Å². The summed E-state index contributed by atoms with van der Waals surface area (Å²) in [5.74, 6) is 0.673. The highest BCUT2D eigenvalue weighted by Gasteiger charge is 2.18. The highest BCUT2D eigenvalue weighted by Crippen LogP contribution is 2.22. The molecule has 0 radical (unpaired) electrons. The molecule has 1 aromatic heterocycles. The van der Waals surface area contributed by atoms with Crippen LogP contribution in [0.25, 0.3) is 0 Å². The van der Waals surface area contributed by atoms with Crippen molar-refractivity contribution in [2.75, 3.05) is 0 Å². The largest absolute Gasteiger partial charge is 0.473 e. The van der Waals surface area contributed by atoms with Crippen molar-refractivity contribution in [2.45, 2.75) is 40.7 Å². The third-order valence-electron chi connectivity index (χ3n) is 2.93. The zero-order valence-electron chi connectivity index (χ0n) is 11.0. The molecule has 94 valence electrons. The molecule has 1 aromatic rings. The molecular weight excluding hydrogens is 216 g/mol. The number of nitrogens with two attached hydrogens (primary N) is 1. The summed E-state index contributed by atoms with van der Waals surface area (Å²) in [6, 6.07) is 0. The van der Waals surface area contributed by atoms with Crippen LogP contribution in [0, 0.1) is 25.2 Å². The second-order valence-corrected chi connectivity index (χ2v) is 4.57.